The number of aromatic nitrogens is 1. The van der Waals surface area contributed by atoms with Crippen LogP contribution in [0.2, 0.25) is 0 Å². The highest BCUT2D eigenvalue weighted by Crippen LogP contribution is 2.35. The zero-order valence-electron chi connectivity index (χ0n) is 18.9. The first-order valence-electron chi connectivity index (χ1n) is 11.4. The molecular weight excluding hydrogens is 422 g/mol. The van der Waals surface area contributed by atoms with E-state index in [2.05, 4.69) is 48.2 Å². The Bertz CT molecular complexity index is 1230. The standard InChI is InChI=1S/C26H28F2N4O/c1-16-5-3-6-18-7-4-8-22(23(16)18)32-10-9-19-11-20(24(25(29)33)30-21(19)13-32)17(2)12-31-14-26(27,28)15-31/h3-8,11,17H,9-10,12-15H2,1-2H3,(H2,29,33)/t17-/m0/s1. The molecule has 3 aromatic rings. The minimum absolute atomic E-state index is 0.111. The van der Waals surface area contributed by atoms with E-state index in [-0.39, 0.29) is 24.7 Å². The average molecular weight is 451 g/mol. The second-order valence-corrected chi connectivity index (χ2v) is 9.44. The summed E-state index contributed by atoms with van der Waals surface area (Å²) in [6, 6.07) is 14.7. The number of amides is 1. The Morgan fingerprint density at radius 1 is 1.21 bits per heavy atom. The van der Waals surface area contributed by atoms with Crippen LogP contribution < -0.4 is 10.6 Å². The zero-order valence-corrected chi connectivity index (χ0v) is 18.9. The van der Waals surface area contributed by atoms with Gasteiger partial charge in [-0.15, -0.1) is 0 Å². The maximum atomic E-state index is 13.2. The van der Waals surface area contributed by atoms with Gasteiger partial charge in [0, 0.05) is 24.2 Å². The number of halogens is 2. The molecule has 0 bridgehead atoms. The quantitative estimate of drug-likeness (QED) is 0.631. The number of hydrogen-bond donors (Lipinski definition) is 1. The molecule has 0 unspecified atom stereocenters. The molecule has 5 nitrogen and oxygen atoms in total. The fourth-order valence-corrected chi connectivity index (χ4v) is 5.25. The number of anilines is 1. The number of nitrogens with zero attached hydrogens (tertiary/aromatic N) is 3. The van der Waals surface area contributed by atoms with Gasteiger partial charge in [-0.2, -0.15) is 0 Å². The van der Waals surface area contributed by atoms with E-state index in [1.165, 1.54) is 16.3 Å². The summed E-state index contributed by atoms with van der Waals surface area (Å²) in [6.45, 7) is 5.48. The number of carbonyl (C=O) groups is 1. The minimum Gasteiger partial charge on any atom is -0.365 e. The summed E-state index contributed by atoms with van der Waals surface area (Å²) in [5.74, 6) is -3.30. The second-order valence-electron chi connectivity index (χ2n) is 9.44. The molecule has 1 saturated heterocycles. The van der Waals surface area contributed by atoms with Gasteiger partial charge in [0.05, 0.1) is 25.3 Å². The van der Waals surface area contributed by atoms with Crippen LogP contribution in [0.5, 0.6) is 0 Å². The number of alkyl halides is 2. The molecule has 0 spiro atoms. The van der Waals surface area contributed by atoms with Crippen LogP contribution in [0.3, 0.4) is 0 Å². The van der Waals surface area contributed by atoms with Gasteiger partial charge in [0.1, 0.15) is 5.69 Å². The van der Waals surface area contributed by atoms with Crippen molar-refractivity contribution >= 4 is 22.4 Å². The van der Waals surface area contributed by atoms with Crippen LogP contribution in [0.4, 0.5) is 14.5 Å². The molecule has 1 aromatic heterocycles. The molecule has 2 N–H and O–H groups in total. The summed E-state index contributed by atoms with van der Waals surface area (Å²) in [4.78, 5) is 21.0. The SMILES string of the molecule is Cc1cccc2cccc(N3CCc4cc([C@@H](C)CN5CC(F)(F)C5)c(C(N)=O)nc4C3)c12. The third-order valence-electron chi connectivity index (χ3n) is 6.85. The molecule has 0 saturated carbocycles. The molecule has 33 heavy (non-hydrogen) atoms. The summed E-state index contributed by atoms with van der Waals surface area (Å²) in [5.41, 5.74) is 11.0. The molecule has 0 aliphatic carbocycles. The molecule has 172 valence electrons. The number of pyridine rings is 1. The Balaban J connectivity index is 1.45. The van der Waals surface area contributed by atoms with E-state index in [0.29, 0.717) is 13.1 Å². The lowest BCUT2D eigenvalue weighted by Gasteiger charge is -2.40. The van der Waals surface area contributed by atoms with E-state index in [1.807, 2.05) is 13.0 Å². The molecule has 1 fully saturated rings. The fourth-order valence-electron chi connectivity index (χ4n) is 5.25. The highest BCUT2D eigenvalue weighted by molar-refractivity contribution is 5.97. The minimum atomic E-state index is -2.61. The molecule has 2 aliphatic heterocycles. The molecule has 7 heteroatoms. The van der Waals surface area contributed by atoms with Gasteiger partial charge in [0.25, 0.3) is 11.8 Å². The largest absolute Gasteiger partial charge is 0.365 e. The van der Waals surface area contributed by atoms with Crippen molar-refractivity contribution in [1.82, 2.24) is 9.88 Å². The topological polar surface area (TPSA) is 62.5 Å². The van der Waals surface area contributed by atoms with Gasteiger partial charge >= 0.3 is 0 Å². The van der Waals surface area contributed by atoms with Crippen LogP contribution in [0.25, 0.3) is 10.8 Å². The smallest absolute Gasteiger partial charge is 0.272 e. The maximum Gasteiger partial charge on any atom is 0.272 e. The summed E-state index contributed by atoms with van der Waals surface area (Å²) in [6.07, 6.45) is 0.797. The average Bonchev–Trinajstić information content (AvgIpc) is 2.76. The third kappa shape index (κ3) is 4.06. The van der Waals surface area contributed by atoms with Crippen molar-refractivity contribution in [2.75, 3.05) is 31.1 Å². The molecule has 1 atom stereocenters. The molecule has 2 aliphatic rings. The Morgan fingerprint density at radius 3 is 2.64 bits per heavy atom. The van der Waals surface area contributed by atoms with Crippen molar-refractivity contribution in [2.45, 2.75) is 38.7 Å². The van der Waals surface area contributed by atoms with Gasteiger partial charge in [-0.05, 0) is 47.4 Å². The molecule has 2 aromatic carbocycles. The van der Waals surface area contributed by atoms with Crippen LogP contribution in [-0.2, 0) is 13.0 Å². The number of rotatable bonds is 5. The number of carbonyl (C=O) groups excluding carboxylic acids is 1. The predicted molar refractivity (Wildman–Crippen MR) is 126 cm³/mol. The van der Waals surface area contributed by atoms with E-state index in [1.54, 1.807) is 4.90 Å². The van der Waals surface area contributed by atoms with Gasteiger partial charge in [-0.25, -0.2) is 13.8 Å². The number of aryl methyl sites for hydroxylation is 1. The number of likely N-dealkylation sites (tertiary alicyclic amines) is 1. The number of hydrogen-bond acceptors (Lipinski definition) is 4. The molecular formula is C26H28F2N4O. The molecule has 1 amide bonds. The van der Waals surface area contributed by atoms with Crippen molar-refractivity contribution in [2.24, 2.45) is 5.73 Å². The lowest BCUT2D eigenvalue weighted by Crippen LogP contribution is -2.56. The highest BCUT2D eigenvalue weighted by Gasteiger charge is 2.44. The van der Waals surface area contributed by atoms with Crippen LogP contribution >= 0.6 is 0 Å². The molecule has 5 rings (SSSR count). The first-order valence-corrected chi connectivity index (χ1v) is 11.4. The maximum absolute atomic E-state index is 13.2. The van der Waals surface area contributed by atoms with E-state index >= 15 is 0 Å². The van der Waals surface area contributed by atoms with Crippen LogP contribution in [0, 0.1) is 6.92 Å². The summed E-state index contributed by atoms with van der Waals surface area (Å²) >= 11 is 0. The summed E-state index contributed by atoms with van der Waals surface area (Å²) < 4.78 is 26.5. The normalized spacial score (nSPS) is 18.6. The number of nitrogens with two attached hydrogens (primary N) is 1. The van der Waals surface area contributed by atoms with Crippen molar-refractivity contribution in [3.63, 3.8) is 0 Å². The lowest BCUT2D eigenvalue weighted by molar-refractivity contribution is -0.131. The van der Waals surface area contributed by atoms with Gasteiger partial charge < -0.3 is 10.6 Å². The Hall–Kier alpha value is -3.06. The third-order valence-corrected chi connectivity index (χ3v) is 6.85. The monoisotopic (exact) mass is 450 g/mol. The van der Waals surface area contributed by atoms with Crippen LogP contribution in [0.1, 0.15) is 45.7 Å². The van der Waals surface area contributed by atoms with Crippen molar-refractivity contribution in [3.05, 3.63) is 70.5 Å². The van der Waals surface area contributed by atoms with Gasteiger partial charge in [0.15, 0.2) is 0 Å². The number of primary amides is 1. The van der Waals surface area contributed by atoms with E-state index < -0.39 is 11.8 Å². The van der Waals surface area contributed by atoms with Gasteiger partial charge in [-0.3, -0.25) is 9.69 Å². The van der Waals surface area contributed by atoms with Crippen LogP contribution in [-0.4, -0.2) is 47.9 Å². The first kappa shape index (κ1) is 21.8. The zero-order chi connectivity index (χ0) is 23.3. The first-order chi connectivity index (χ1) is 15.7. The second kappa shape index (κ2) is 8.06. The summed E-state index contributed by atoms with van der Waals surface area (Å²) in [5, 5.41) is 2.43. The van der Waals surface area contributed by atoms with Gasteiger partial charge in [0.2, 0.25) is 0 Å². The Kier molecular flexibility index (Phi) is 5.32. The van der Waals surface area contributed by atoms with Crippen LogP contribution in [0.15, 0.2) is 42.5 Å². The highest BCUT2D eigenvalue weighted by atomic mass is 19.3. The molecule has 0 radical (unpaired) electrons. The number of benzene rings is 2. The Labute approximate surface area is 192 Å². The van der Waals surface area contributed by atoms with E-state index in [0.717, 1.165) is 35.5 Å². The van der Waals surface area contributed by atoms with E-state index in [4.69, 9.17) is 10.7 Å². The van der Waals surface area contributed by atoms with Gasteiger partial charge in [-0.1, -0.05) is 43.3 Å². The van der Waals surface area contributed by atoms with Crippen molar-refractivity contribution < 1.29 is 13.6 Å². The summed E-state index contributed by atoms with van der Waals surface area (Å²) in [7, 11) is 0. The van der Waals surface area contributed by atoms with Crippen molar-refractivity contribution in [3.8, 4) is 0 Å². The van der Waals surface area contributed by atoms with E-state index in [9.17, 15) is 13.6 Å². The molecule has 3 heterocycles. The van der Waals surface area contributed by atoms with Crippen molar-refractivity contribution in [1.29, 1.82) is 0 Å². The lowest BCUT2D eigenvalue weighted by atomic mass is 9.92. The fraction of sp³-hybridized carbons (Fsp3) is 0.385. The predicted octanol–water partition coefficient (Wildman–Crippen LogP) is 4.26. The Morgan fingerprint density at radius 2 is 1.94 bits per heavy atom. The number of fused-ring (bicyclic) bond motifs is 2.